The number of rotatable bonds is 8. The SMILES string of the molecule is CC(=O)[C@H](O)CC(=O)[C@H](O)CC(=O)[C@H](O)N1C(=O)C=CC1=O. The second kappa shape index (κ2) is 7.16. The first-order chi connectivity index (χ1) is 10.1. The Kier molecular flexibility index (Phi) is 5.80. The van der Waals surface area contributed by atoms with Crippen LogP contribution in [0.25, 0.3) is 0 Å². The Morgan fingerprint density at radius 2 is 1.41 bits per heavy atom. The molecule has 1 aliphatic rings. The van der Waals surface area contributed by atoms with Gasteiger partial charge in [-0.3, -0.25) is 24.0 Å². The smallest absolute Gasteiger partial charge is 0.256 e. The van der Waals surface area contributed by atoms with E-state index in [0.29, 0.717) is 0 Å². The predicted molar refractivity (Wildman–Crippen MR) is 68.9 cm³/mol. The molecule has 0 aromatic heterocycles. The van der Waals surface area contributed by atoms with Crippen molar-refractivity contribution in [3.8, 4) is 0 Å². The lowest BCUT2D eigenvalue weighted by Crippen LogP contribution is -2.46. The fourth-order valence-electron chi connectivity index (χ4n) is 1.68. The van der Waals surface area contributed by atoms with Crippen molar-refractivity contribution in [2.75, 3.05) is 0 Å². The maximum Gasteiger partial charge on any atom is 0.256 e. The van der Waals surface area contributed by atoms with E-state index in [1.807, 2.05) is 0 Å². The summed E-state index contributed by atoms with van der Waals surface area (Å²) in [4.78, 5) is 56.8. The number of amides is 2. The van der Waals surface area contributed by atoms with Gasteiger partial charge in [0, 0.05) is 25.0 Å². The highest BCUT2D eigenvalue weighted by Gasteiger charge is 2.35. The molecule has 0 saturated carbocycles. The van der Waals surface area contributed by atoms with Crippen LogP contribution in [0.5, 0.6) is 0 Å². The first-order valence-corrected chi connectivity index (χ1v) is 6.30. The molecule has 3 atom stereocenters. The zero-order chi connectivity index (χ0) is 17.0. The molecule has 0 fully saturated rings. The fourth-order valence-corrected chi connectivity index (χ4v) is 1.68. The van der Waals surface area contributed by atoms with Crippen molar-refractivity contribution in [1.29, 1.82) is 0 Å². The molecule has 3 N–H and O–H groups in total. The Labute approximate surface area is 124 Å². The minimum absolute atomic E-state index is 0.282. The lowest BCUT2D eigenvalue weighted by molar-refractivity contribution is -0.157. The van der Waals surface area contributed by atoms with E-state index in [-0.39, 0.29) is 4.90 Å². The molecule has 0 aliphatic carbocycles. The topological polar surface area (TPSA) is 149 Å². The quantitative estimate of drug-likeness (QED) is 0.415. The second-order valence-electron chi connectivity index (χ2n) is 4.74. The summed E-state index contributed by atoms with van der Waals surface area (Å²) < 4.78 is 0. The Hall–Kier alpha value is -2.23. The number of hydrogen-bond donors (Lipinski definition) is 3. The van der Waals surface area contributed by atoms with Gasteiger partial charge < -0.3 is 15.3 Å². The number of aliphatic hydroxyl groups excluding tert-OH is 3. The molecule has 2 amide bonds. The molecule has 0 spiro atoms. The number of hydrogen-bond acceptors (Lipinski definition) is 8. The third-order valence-electron chi connectivity index (χ3n) is 3.01. The molecule has 0 aromatic rings. The van der Waals surface area contributed by atoms with Gasteiger partial charge in [0.25, 0.3) is 11.8 Å². The highest BCUT2D eigenvalue weighted by atomic mass is 16.3. The van der Waals surface area contributed by atoms with Crippen molar-refractivity contribution in [1.82, 2.24) is 4.90 Å². The summed E-state index contributed by atoms with van der Waals surface area (Å²) in [5.41, 5.74) is 0. The Morgan fingerprint density at radius 1 is 0.955 bits per heavy atom. The highest BCUT2D eigenvalue weighted by Crippen LogP contribution is 2.11. The number of imide groups is 1. The molecule has 1 heterocycles. The number of carbonyl (C=O) groups excluding carboxylic acids is 5. The normalized spacial score (nSPS) is 18.3. The average Bonchev–Trinajstić information content (AvgIpc) is 2.76. The summed E-state index contributed by atoms with van der Waals surface area (Å²) >= 11 is 0. The van der Waals surface area contributed by atoms with Crippen LogP contribution in [0.1, 0.15) is 19.8 Å². The third kappa shape index (κ3) is 4.13. The van der Waals surface area contributed by atoms with Crippen LogP contribution >= 0.6 is 0 Å². The minimum Gasteiger partial charge on any atom is -0.385 e. The van der Waals surface area contributed by atoms with E-state index in [4.69, 9.17) is 0 Å². The van der Waals surface area contributed by atoms with Gasteiger partial charge in [-0.25, -0.2) is 4.90 Å². The zero-order valence-electron chi connectivity index (χ0n) is 11.6. The van der Waals surface area contributed by atoms with Gasteiger partial charge in [0.15, 0.2) is 23.6 Å². The number of ketones is 3. The van der Waals surface area contributed by atoms with Gasteiger partial charge in [0.05, 0.1) is 0 Å². The van der Waals surface area contributed by atoms with Gasteiger partial charge in [-0.2, -0.15) is 0 Å². The van der Waals surface area contributed by atoms with Crippen molar-refractivity contribution in [2.45, 2.75) is 38.2 Å². The van der Waals surface area contributed by atoms with Gasteiger partial charge in [0.2, 0.25) is 0 Å². The number of aliphatic hydroxyl groups is 3. The molecule has 22 heavy (non-hydrogen) atoms. The summed E-state index contributed by atoms with van der Waals surface area (Å²) in [6.45, 7) is 1.05. The third-order valence-corrected chi connectivity index (χ3v) is 3.01. The maximum atomic E-state index is 11.7. The lowest BCUT2D eigenvalue weighted by atomic mass is 10.0. The Bertz CT molecular complexity index is 534. The fraction of sp³-hybridized carbons (Fsp3) is 0.462. The Balaban J connectivity index is 2.60. The standard InChI is InChI=1S/C13H15NO8/c1-6(15)7(16)4-8(17)9(18)5-10(19)13(22)14-11(20)2-3-12(14)21/h2-3,7,9,13,16,18,22H,4-5H2,1H3/t7-,9-,13+/m1/s1. The molecule has 0 unspecified atom stereocenters. The Morgan fingerprint density at radius 3 is 1.86 bits per heavy atom. The van der Waals surface area contributed by atoms with Crippen LogP contribution in [0, 0.1) is 0 Å². The van der Waals surface area contributed by atoms with Gasteiger partial charge in [-0.15, -0.1) is 0 Å². The molecule has 0 bridgehead atoms. The summed E-state index contributed by atoms with van der Waals surface area (Å²) in [5.74, 6) is -4.55. The van der Waals surface area contributed by atoms with E-state index in [2.05, 4.69) is 0 Å². The first kappa shape index (κ1) is 17.8. The van der Waals surface area contributed by atoms with Crippen LogP contribution < -0.4 is 0 Å². The number of Topliss-reactive ketones (excluding diaryl/α,β-unsaturated/α-hetero) is 3. The molecular formula is C13H15NO8. The molecular weight excluding hydrogens is 298 g/mol. The van der Waals surface area contributed by atoms with E-state index < -0.39 is 60.4 Å². The van der Waals surface area contributed by atoms with Crippen LogP contribution in [0.15, 0.2) is 12.2 Å². The van der Waals surface area contributed by atoms with E-state index >= 15 is 0 Å². The molecule has 1 aliphatic heterocycles. The molecule has 1 rings (SSSR count). The van der Waals surface area contributed by atoms with Crippen LogP contribution in [-0.2, 0) is 24.0 Å². The van der Waals surface area contributed by atoms with Crippen molar-refractivity contribution in [3.63, 3.8) is 0 Å². The molecule has 0 radical (unpaired) electrons. The van der Waals surface area contributed by atoms with E-state index in [0.717, 1.165) is 19.1 Å². The first-order valence-electron chi connectivity index (χ1n) is 6.30. The monoisotopic (exact) mass is 313 g/mol. The van der Waals surface area contributed by atoms with E-state index in [1.165, 1.54) is 0 Å². The van der Waals surface area contributed by atoms with Crippen LogP contribution in [0.3, 0.4) is 0 Å². The number of carbonyl (C=O) groups is 5. The molecule has 9 nitrogen and oxygen atoms in total. The summed E-state index contributed by atoms with van der Waals surface area (Å²) in [6, 6.07) is 0. The summed E-state index contributed by atoms with van der Waals surface area (Å²) in [5, 5.41) is 28.4. The van der Waals surface area contributed by atoms with Crippen LogP contribution in [0.4, 0.5) is 0 Å². The van der Waals surface area contributed by atoms with Gasteiger partial charge in [-0.1, -0.05) is 0 Å². The lowest BCUT2D eigenvalue weighted by Gasteiger charge is -2.20. The van der Waals surface area contributed by atoms with E-state index in [9.17, 15) is 39.3 Å². The molecule has 0 aromatic carbocycles. The predicted octanol–water partition coefficient (Wildman–Crippen LogP) is -2.54. The summed E-state index contributed by atoms with van der Waals surface area (Å²) in [6.07, 6.45) is -5.38. The highest BCUT2D eigenvalue weighted by molar-refractivity contribution is 6.15. The minimum atomic E-state index is -2.12. The maximum absolute atomic E-state index is 11.7. The van der Waals surface area contributed by atoms with Gasteiger partial charge in [0.1, 0.15) is 12.2 Å². The van der Waals surface area contributed by atoms with Gasteiger partial charge >= 0.3 is 0 Å². The van der Waals surface area contributed by atoms with Crippen molar-refractivity contribution in [2.24, 2.45) is 0 Å². The van der Waals surface area contributed by atoms with Crippen molar-refractivity contribution in [3.05, 3.63) is 12.2 Å². The molecule has 120 valence electrons. The van der Waals surface area contributed by atoms with E-state index in [1.54, 1.807) is 0 Å². The summed E-state index contributed by atoms with van der Waals surface area (Å²) in [7, 11) is 0. The molecule has 9 heteroatoms. The van der Waals surface area contributed by atoms with Crippen LogP contribution in [0.2, 0.25) is 0 Å². The largest absolute Gasteiger partial charge is 0.385 e. The van der Waals surface area contributed by atoms with Crippen LogP contribution in [-0.4, -0.2) is 67.8 Å². The zero-order valence-corrected chi connectivity index (χ0v) is 11.6. The number of nitrogens with zero attached hydrogens (tertiary/aromatic N) is 1. The van der Waals surface area contributed by atoms with Crippen molar-refractivity contribution < 1.29 is 39.3 Å². The average molecular weight is 313 g/mol. The molecule has 0 saturated heterocycles. The van der Waals surface area contributed by atoms with Gasteiger partial charge in [-0.05, 0) is 6.92 Å². The van der Waals surface area contributed by atoms with Crippen molar-refractivity contribution >= 4 is 29.2 Å². The second-order valence-corrected chi connectivity index (χ2v) is 4.74.